The third-order valence-corrected chi connectivity index (χ3v) is 6.51. The summed E-state index contributed by atoms with van der Waals surface area (Å²) in [5, 5.41) is 3.12. The second-order valence-electron chi connectivity index (χ2n) is 8.55. The molecule has 1 unspecified atom stereocenters. The zero-order chi connectivity index (χ0) is 20.8. The Hall–Kier alpha value is -2.53. The van der Waals surface area contributed by atoms with Crippen molar-refractivity contribution in [2.24, 2.45) is 0 Å². The lowest BCUT2D eigenvalue weighted by Crippen LogP contribution is -3.13. The van der Waals surface area contributed by atoms with Gasteiger partial charge in [0.05, 0.1) is 13.7 Å². The number of nitrogens with one attached hydrogen (secondary N) is 2. The van der Waals surface area contributed by atoms with Crippen LogP contribution in [0.5, 0.6) is 5.75 Å². The molecule has 2 aromatic carbocycles. The Labute approximate surface area is 180 Å². The quantitative estimate of drug-likeness (QED) is 0.770. The predicted octanol–water partition coefficient (Wildman–Crippen LogP) is 3.43. The van der Waals surface area contributed by atoms with E-state index in [1.807, 2.05) is 24.3 Å². The third kappa shape index (κ3) is 5.14. The highest BCUT2D eigenvalue weighted by molar-refractivity contribution is 5.91. The first kappa shape index (κ1) is 20.7. The van der Waals surface area contributed by atoms with Gasteiger partial charge in [0.1, 0.15) is 11.8 Å². The van der Waals surface area contributed by atoms with E-state index in [2.05, 4.69) is 34.5 Å². The van der Waals surface area contributed by atoms with Crippen molar-refractivity contribution in [2.45, 2.75) is 44.6 Å². The summed E-state index contributed by atoms with van der Waals surface area (Å²) in [6.07, 6.45) is 7.31. The van der Waals surface area contributed by atoms with Crippen LogP contribution in [-0.4, -0.2) is 39.2 Å². The average molecular weight is 409 g/mol. The van der Waals surface area contributed by atoms with Gasteiger partial charge in [-0.15, -0.1) is 0 Å². The number of benzene rings is 2. The summed E-state index contributed by atoms with van der Waals surface area (Å²) in [6.45, 7) is 3.82. The van der Waals surface area contributed by atoms with Gasteiger partial charge in [-0.2, -0.15) is 0 Å². The molecule has 2 aliphatic heterocycles. The van der Waals surface area contributed by atoms with E-state index in [4.69, 9.17) is 4.74 Å². The Bertz CT molecular complexity index is 813. The highest BCUT2D eigenvalue weighted by atomic mass is 16.5. The topological polar surface area (TPSA) is 46.0 Å². The number of anilines is 2. The Morgan fingerprint density at radius 1 is 1.00 bits per heavy atom. The number of quaternary nitrogens is 1. The van der Waals surface area contributed by atoms with Crippen molar-refractivity contribution in [3.05, 3.63) is 54.1 Å². The summed E-state index contributed by atoms with van der Waals surface area (Å²) < 4.78 is 5.31. The molecule has 5 nitrogen and oxygen atoms in total. The summed E-state index contributed by atoms with van der Waals surface area (Å²) >= 11 is 0. The minimum absolute atomic E-state index is 0.0966. The van der Waals surface area contributed by atoms with Crippen LogP contribution in [0.4, 0.5) is 11.4 Å². The first-order chi connectivity index (χ1) is 14.7. The van der Waals surface area contributed by atoms with Crippen molar-refractivity contribution < 1.29 is 14.4 Å². The van der Waals surface area contributed by atoms with Crippen molar-refractivity contribution in [3.63, 3.8) is 0 Å². The molecule has 0 aliphatic carbocycles. The van der Waals surface area contributed by atoms with Crippen LogP contribution in [0.2, 0.25) is 0 Å². The van der Waals surface area contributed by atoms with Gasteiger partial charge in [0.15, 0.2) is 6.54 Å². The lowest BCUT2D eigenvalue weighted by atomic mass is 10.0. The molecular formula is C25H34N3O2+. The van der Waals surface area contributed by atoms with Crippen LogP contribution >= 0.6 is 0 Å². The van der Waals surface area contributed by atoms with Gasteiger partial charge in [-0.1, -0.05) is 0 Å². The van der Waals surface area contributed by atoms with E-state index in [-0.39, 0.29) is 5.91 Å². The maximum Gasteiger partial charge on any atom is 0.279 e. The number of rotatable bonds is 6. The Morgan fingerprint density at radius 3 is 2.43 bits per heavy atom. The van der Waals surface area contributed by atoms with Crippen molar-refractivity contribution in [2.75, 3.05) is 43.5 Å². The third-order valence-electron chi connectivity index (χ3n) is 6.51. The van der Waals surface area contributed by atoms with E-state index in [0.29, 0.717) is 12.6 Å². The summed E-state index contributed by atoms with van der Waals surface area (Å²) in [5.41, 5.74) is 3.44. The first-order valence-electron chi connectivity index (χ1n) is 11.4. The molecule has 160 valence electrons. The number of hydrogen-bond acceptors (Lipinski definition) is 3. The molecule has 30 heavy (non-hydrogen) atoms. The lowest BCUT2D eigenvalue weighted by Gasteiger charge is -2.27. The average Bonchev–Trinajstić information content (AvgIpc) is 3.22. The van der Waals surface area contributed by atoms with Gasteiger partial charge in [-0.25, -0.2) is 0 Å². The number of amides is 1. The highest BCUT2D eigenvalue weighted by Crippen LogP contribution is 2.23. The minimum Gasteiger partial charge on any atom is -0.497 e. The highest BCUT2D eigenvalue weighted by Gasteiger charge is 2.28. The molecule has 2 aliphatic rings. The fraction of sp³-hybridized carbons (Fsp3) is 0.480. The van der Waals surface area contributed by atoms with Crippen LogP contribution in [-0.2, 0) is 4.79 Å². The molecule has 0 saturated carbocycles. The summed E-state index contributed by atoms with van der Waals surface area (Å²) in [5.74, 6) is 0.975. The van der Waals surface area contributed by atoms with Gasteiger partial charge in [0.25, 0.3) is 5.91 Å². The van der Waals surface area contributed by atoms with Gasteiger partial charge in [-0.05, 0) is 80.6 Å². The SMILES string of the molecule is COc1ccc([C@@H]2CCCCC[NH+]2CC(=O)Nc2ccc(N3CCCC3)cc2)cc1. The van der Waals surface area contributed by atoms with Crippen molar-refractivity contribution in [1.29, 1.82) is 0 Å². The number of ether oxygens (including phenoxy) is 1. The van der Waals surface area contributed by atoms with E-state index in [0.717, 1.165) is 37.5 Å². The van der Waals surface area contributed by atoms with Gasteiger partial charge >= 0.3 is 0 Å². The fourth-order valence-corrected chi connectivity index (χ4v) is 4.85. The molecule has 2 N–H and O–H groups in total. The van der Waals surface area contributed by atoms with Gasteiger partial charge in [-0.3, -0.25) is 4.79 Å². The summed E-state index contributed by atoms with van der Waals surface area (Å²) in [6, 6.07) is 17.0. The van der Waals surface area contributed by atoms with E-state index < -0.39 is 0 Å². The number of carbonyl (C=O) groups excluding carboxylic acids is 1. The smallest absolute Gasteiger partial charge is 0.279 e. The van der Waals surface area contributed by atoms with Crippen LogP contribution in [0.25, 0.3) is 0 Å². The molecule has 4 rings (SSSR count). The van der Waals surface area contributed by atoms with Crippen molar-refractivity contribution >= 4 is 17.3 Å². The predicted molar refractivity (Wildman–Crippen MR) is 121 cm³/mol. The standard InChI is InChI=1S/C25H33N3O2/c1-30-23-14-8-20(9-15-23)24-7-3-2-4-18-28(24)19-25(29)26-21-10-12-22(13-11-21)27-16-5-6-17-27/h8-15,24H,2-7,16-19H2,1H3,(H,26,29)/p+1/t24-/m0/s1. The molecule has 2 saturated heterocycles. The molecule has 2 fully saturated rings. The van der Waals surface area contributed by atoms with E-state index >= 15 is 0 Å². The second-order valence-corrected chi connectivity index (χ2v) is 8.55. The Morgan fingerprint density at radius 2 is 1.73 bits per heavy atom. The van der Waals surface area contributed by atoms with Gasteiger partial charge in [0, 0.05) is 36.4 Å². The number of methoxy groups -OCH3 is 1. The van der Waals surface area contributed by atoms with Gasteiger partial charge < -0.3 is 19.9 Å². The zero-order valence-electron chi connectivity index (χ0n) is 18.0. The maximum atomic E-state index is 12.8. The van der Waals surface area contributed by atoms with Crippen LogP contribution in [0.1, 0.15) is 50.1 Å². The molecule has 5 heteroatoms. The second kappa shape index (κ2) is 9.98. The molecule has 2 atom stereocenters. The largest absolute Gasteiger partial charge is 0.497 e. The molecule has 2 heterocycles. The van der Waals surface area contributed by atoms with E-state index in [9.17, 15) is 4.79 Å². The van der Waals surface area contributed by atoms with E-state index in [1.54, 1.807) is 7.11 Å². The number of hydrogen-bond donors (Lipinski definition) is 2. The summed E-state index contributed by atoms with van der Waals surface area (Å²) in [7, 11) is 1.69. The fourth-order valence-electron chi connectivity index (χ4n) is 4.85. The lowest BCUT2D eigenvalue weighted by molar-refractivity contribution is -0.923. The Balaban J connectivity index is 1.39. The van der Waals surface area contributed by atoms with Crippen LogP contribution in [0, 0.1) is 0 Å². The van der Waals surface area contributed by atoms with Crippen molar-refractivity contribution in [1.82, 2.24) is 0 Å². The molecule has 0 spiro atoms. The Kier molecular flexibility index (Phi) is 6.90. The van der Waals surface area contributed by atoms with Crippen LogP contribution in [0.3, 0.4) is 0 Å². The monoisotopic (exact) mass is 408 g/mol. The normalized spacial score (nSPS) is 21.8. The molecule has 0 aromatic heterocycles. The van der Waals surface area contributed by atoms with Crippen molar-refractivity contribution in [3.8, 4) is 5.75 Å². The molecule has 0 radical (unpaired) electrons. The van der Waals surface area contributed by atoms with Gasteiger partial charge in [0.2, 0.25) is 0 Å². The molecule has 2 aromatic rings. The number of carbonyl (C=O) groups is 1. The first-order valence-corrected chi connectivity index (χ1v) is 11.4. The molecular weight excluding hydrogens is 374 g/mol. The summed E-state index contributed by atoms with van der Waals surface area (Å²) in [4.78, 5) is 16.6. The van der Waals surface area contributed by atoms with Crippen LogP contribution < -0.4 is 19.9 Å². The molecule has 1 amide bonds. The zero-order valence-corrected chi connectivity index (χ0v) is 18.0. The molecule has 0 bridgehead atoms. The minimum atomic E-state index is 0.0966. The number of likely N-dealkylation sites (tertiary alicyclic amines) is 1. The van der Waals surface area contributed by atoms with Crippen LogP contribution in [0.15, 0.2) is 48.5 Å². The van der Waals surface area contributed by atoms with E-state index in [1.165, 1.54) is 48.3 Å². The maximum absolute atomic E-state index is 12.8. The number of nitrogens with zero attached hydrogens (tertiary/aromatic N) is 1.